The van der Waals surface area contributed by atoms with Crippen LogP contribution < -0.4 is 5.32 Å². The molecule has 7 heteroatoms. The zero-order valence-electron chi connectivity index (χ0n) is 33.3. The second-order valence-electron chi connectivity index (χ2n) is 14.5. The number of carbonyl (C=O) groups is 3. The van der Waals surface area contributed by atoms with E-state index in [1.54, 1.807) is 4.90 Å². The van der Waals surface area contributed by atoms with Crippen molar-refractivity contribution in [2.24, 2.45) is 11.8 Å². The normalized spacial score (nSPS) is 12.5. The number of hydrogen-bond acceptors (Lipinski definition) is 5. The summed E-state index contributed by atoms with van der Waals surface area (Å²) in [5.74, 6) is -0.303. The van der Waals surface area contributed by atoms with Crippen LogP contribution in [-0.4, -0.2) is 62.1 Å². The van der Waals surface area contributed by atoms with E-state index in [4.69, 9.17) is 9.47 Å². The van der Waals surface area contributed by atoms with Crippen molar-refractivity contribution in [2.45, 2.75) is 202 Å². The van der Waals surface area contributed by atoms with Gasteiger partial charge in [-0.1, -0.05) is 163 Å². The van der Waals surface area contributed by atoms with Crippen LogP contribution in [0.15, 0.2) is 0 Å². The summed E-state index contributed by atoms with van der Waals surface area (Å²) in [7, 11) is 0. The fourth-order valence-corrected chi connectivity index (χ4v) is 6.58. The van der Waals surface area contributed by atoms with Crippen LogP contribution in [0.1, 0.15) is 202 Å². The van der Waals surface area contributed by atoms with Crippen molar-refractivity contribution in [1.29, 1.82) is 0 Å². The third-order valence-corrected chi connectivity index (χ3v) is 9.91. The van der Waals surface area contributed by atoms with E-state index < -0.39 is 0 Å². The first-order valence-electron chi connectivity index (χ1n) is 21.4. The Balaban J connectivity index is 5.14. The molecule has 0 spiro atoms. The average molecular weight is 696 g/mol. The number of nitrogens with two attached hydrogens (primary N) is 1. The van der Waals surface area contributed by atoms with Crippen LogP contribution >= 0.6 is 0 Å². The Kier molecular flexibility index (Phi) is 35.0. The first kappa shape index (κ1) is 47.4. The lowest BCUT2D eigenvalue weighted by Crippen LogP contribution is -2.84. The topological polar surface area (TPSA) is 89.5 Å². The number of carbonyl (C=O) groups excluding carboxylic acids is 3. The van der Waals surface area contributed by atoms with Crippen molar-refractivity contribution in [3.63, 3.8) is 0 Å². The molecule has 0 saturated heterocycles. The minimum absolute atomic E-state index is 0.0332. The summed E-state index contributed by atoms with van der Waals surface area (Å²) >= 11 is 0. The molecule has 0 aromatic rings. The van der Waals surface area contributed by atoms with Gasteiger partial charge in [0.05, 0.1) is 44.4 Å². The fraction of sp³-hybridized carbons (Fsp3) is 0.929. The van der Waals surface area contributed by atoms with Gasteiger partial charge in [-0.05, 0) is 32.1 Å². The maximum Gasteiger partial charge on any atom is 0.308 e. The van der Waals surface area contributed by atoms with Gasteiger partial charge in [0.25, 0.3) is 0 Å². The fourth-order valence-electron chi connectivity index (χ4n) is 6.58. The molecule has 0 aliphatic carbocycles. The lowest BCUT2D eigenvalue weighted by Gasteiger charge is -2.24. The summed E-state index contributed by atoms with van der Waals surface area (Å²) in [6.07, 6.45) is 28.8. The molecule has 2 N–H and O–H groups in total. The number of ether oxygens (including phenoxy) is 2. The first-order chi connectivity index (χ1) is 23.9. The van der Waals surface area contributed by atoms with Crippen LogP contribution in [-0.2, 0) is 23.9 Å². The van der Waals surface area contributed by atoms with Gasteiger partial charge in [0, 0.05) is 0 Å². The predicted molar refractivity (Wildman–Crippen MR) is 206 cm³/mol. The van der Waals surface area contributed by atoms with Crippen molar-refractivity contribution in [3.8, 4) is 0 Å². The summed E-state index contributed by atoms with van der Waals surface area (Å²) in [5.41, 5.74) is 0. The van der Waals surface area contributed by atoms with Crippen LogP contribution in [0.3, 0.4) is 0 Å². The highest BCUT2D eigenvalue weighted by molar-refractivity contribution is 5.76. The second kappa shape index (κ2) is 36.2. The number of quaternary nitrogens is 1. The molecule has 0 aliphatic heterocycles. The molecule has 0 bridgehead atoms. The minimum atomic E-state index is -0.110. The largest absolute Gasteiger partial charge is 0.464 e. The highest BCUT2D eigenvalue weighted by Gasteiger charge is 2.23. The summed E-state index contributed by atoms with van der Waals surface area (Å²) in [5, 5.41) is 2.17. The molecule has 0 heterocycles. The predicted octanol–water partition coefficient (Wildman–Crippen LogP) is 9.94. The zero-order chi connectivity index (χ0) is 36.2. The molecule has 0 aromatic heterocycles. The Morgan fingerprint density at radius 1 is 0.469 bits per heavy atom. The highest BCUT2D eigenvalue weighted by Crippen LogP contribution is 2.22. The van der Waals surface area contributed by atoms with Crippen molar-refractivity contribution in [1.82, 2.24) is 4.90 Å². The van der Waals surface area contributed by atoms with Crippen LogP contribution in [0.4, 0.5) is 0 Å². The van der Waals surface area contributed by atoms with E-state index in [9.17, 15) is 14.4 Å². The third-order valence-electron chi connectivity index (χ3n) is 9.91. The van der Waals surface area contributed by atoms with E-state index in [0.29, 0.717) is 19.5 Å². The number of rotatable bonds is 37. The lowest BCUT2D eigenvalue weighted by molar-refractivity contribution is -0.653. The van der Waals surface area contributed by atoms with E-state index in [1.807, 2.05) is 0 Å². The number of nitrogens with zero attached hydrogens (tertiary/aromatic N) is 1. The van der Waals surface area contributed by atoms with Crippen molar-refractivity contribution in [2.75, 3.05) is 39.4 Å². The van der Waals surface area contributed by atoms with Gasteiger partial charge in [0.1, 0.15) is 13.2 Å². The molecule has 2 unspecified atom stereocenters. The summed E-state index contributed by atoms with van der Waals surface area (Å²) < 4.78 is 11.7. The van der Waals surface area contributed by atoms with Gasteiger partial charge < -0.3 is 19.7 Å². The number of unbranched alkanes of at least 4 members (excludes halogenated alkanes) is 16. The Morgan fingerprint density at radius 3 is 1.18 bits per heavy atom. The average Bonchev–Trinajstić information content (AvgIpc) is 3.10. The molecule has 7 nitrogen and oxygen atoms in total. The van der Waals surface area contributed by atoms with Gasteiger partial charge >= 0.3 is 11.9 Å². The second-order valence-corrected chi connectivity index (χ2v) is 14.5. The molecule has 0 aromatic carbocycles. The van der Waals surface area contributed by atoms with Crippen molar-refractivity contribution < 1.29 is 29.2 Å². The standard InChI is InChI=1S/C42H82N2O5/c1-6-11-15-19-21-25-29-38(27-23-17-13-8-3)41(46)48-36-34-44(40(45)31-33-43-32-10-5)35-37-49-42(47)39(28-24-18-14-9-4)30-26-22-20-16-12-7-2/h38-39,43H,6-37H2,1-5H3/p+1. The maximum atomic E-state index is 13.3. The van der Waals surface area contributed by atoms with Crippen LogP contribution in [0.2, 0.25) is 0 Å². The minimum Gasteiger partial charge on any atom is -0.464 e. The molecule has 0 radical (unpaired) electrons. The van der Waals surface area contributed by atoms with Crippen molar-refractivity contribution in [3.05, 3.63) is 0 Å². The zero-order valence-corrected chi connectivity index (χ0v) is 33.3. The van der Waals surface area contributed by atoms with E-state index in [0.717, 1.165) is 83.7 Å². The number of hydrogen-bond donors (Lipinski definition) is 1. The Morgan fingerprint density at radius 2 is 0.816 bits per heavy atom. The molecule has 1 amide bonds. The van der Waals surface area contributed by atoms with Gasteiger partial charge in [0.15, 0.2) is 0 Å². The van der Waals surface area contributed by atoms with Gasteiger partial charge in [-0.25, -0.2) is 0 Å². The molecule has 290 valence electrons. The van der Waals surface area contributed by atoms with E-state index in [-0.39, 0.29) is 42.9 Å². The highest BCUT2D eigenvalue weighted by atomic mass is 16.5. The van der Waals surface area contributed by atoms with Crippen LogP contribution in [0.25, 0.3) is 0 Å². The van der Waals surface area contributed by atoms with Gasteiger partial charge in [-0.3, -0.25) is 14.4 Å². The number of esters is 2. The Bertz CT molecular complexity index is 711. The Hall–Kier alpha value is -1.63. The molecule has 0 rings (SSSR count). The molecule has 0 saturated carbocycles. The molecule has 0 aliphatic rings. The SMILES string of the molecule is CCCCCCCCC(CCCCCC)C(=O)OCCN(CCOC(=O)C(CCCCCC)CCCCCCCC)C(=O)CC[NH2+]CCC. The van der Waals surface area contributed by atoms with Gasteiger partial charge in [-0.15, -0.1) is 0 Å². The van der Waals surface area contributed by atoms with Crippen LogP contribution in [0, 0.1) is 11.8 Å². The maximum absolute atomic E-state index is 13.3. The summed E-state index contributed by atoms with van der Waals surface area (Å²) in [6, 6.07) is 0. The Labute approximate surface area is 304 Å². The smallest absolute Gasteiger partial charge is 0.308 e. The molecule has 2 atom stereocenters. The summed E-state index contributed by atoms with van der Waals surface area (Å²) in [6.45, 7) is 13.8. The van der Waals surface area contributed by atoms with Gasteiger partial charge in [-0.2, -0.15) is 0 Å². The van der Waals surface area contributed by atoms with E-state index >= 15 is 0 Å². The quantitative estimate of drug-likeness (QED) is 0.0516. The molecular formula is C42H83N2O5+. The third kappa shape index (κ3) is 28.7. The summed E-state index contributed by atoms with van der Waals surface area (Å²) in [4.78, 5) is 41.5. The monoisotopic (exact) mass is 696 g/mol. The van der Waals surface area contributed by atoms with Crippen LogP contribution in [0.5, 0.6) is 0 Å². The van der Waals surface area contributed by atoms with Crippen molar-refractivity contribution >= 4 is 17.8 Å². The number of amides is 1. The van der Waals surface area contributed by atoms with E-state index in [1.165, 1.54) is 89.9 Å². The molecule has 0 fully saturated rings. The first-order valence-corrected chi connectivity index (χ1v) is 21.4. The molecular weight excluding hydrogens is 612 g/mol. The lowest BCUT2D eigenvalue weighted by atomic mass is 9.94. The van der Waals surface area contributed by atoms with Gasteiger partial charge in [0.2, 0.25) is 5.91 Å². The molecule has 49 heavy (non-hydrogen) atoms. The van der Waals surface area contributed by atoms with E-state index in [2.05, 4.69) is 39.9 Å².